The van der Waals surface area contributed by atoms with Crippen LogP contribution in [0.3, 0.4) is 0 Å². The van der Waals surface area contributed by atoms with Crippen molar-refractivity contribution in [2.24, 2.45) is 5.92 Å². The van der Waals surface area contributed by atoms with E-state index in [0.717, 1.165) is 24.2 Å². The van der Waals surface area contributed by atoms with E-state index in [1.54, 1.807) is 5.32 Å². The average Bonchev–Trinajstić information content (AvgIpc) is 3.06. The van der Waals surface area contributed by atoms with Gasteiger partial charge in [-0.2, -0.15) is 13.2 Å². The number of thiophene rings is 1. The second kappa shape index (κ2) is 5.20. The Morgan fingerprint density at radius 1 is 1.32 bits per heavy atom. The van der Waals surface area contributed by atoms with Gasteiger partial charge in [0, 0.05) is 5.92 Å². The van der Waals surface area contributed by atoms with Gasteiger partial charge in [0.25, 0.3) is 5.91 Å². The predicted molar refractivity (Wildman–Crippen MR) is 64.1 cm³/mol. The second-order valence-corrected chi connectivity index (χ2v) is 5.31. The van der Waals surface area contributed by atoms with Gasteiger partial charge in [-0.3, -0.25) is 9.59 Å². The number of amides is 2. The van der Waals surface area contributed by atoms with Crippen LogP contribution < -0.4 is 10.6 Å². The monoisotopic (exact) mass is 292 g/mol. The van der Waals surface area contributed by atoms with Gasteiger partial charge >= 0.3 is 6.18 Å². The van der Waals surface area contributed by atoms with Crippen LogP contribution in [0.25, 0.3) is 0 Å². The lowest BCUT2D eigenvalue weighted by molar-refractivity contribution is -0.123. The van der Waals surface area contributed by atoms with Crippen molar-refractivity contribution < 1.29 is 22.8 Å². The molecule has 0 atom stereocenters. The Kier molecular flexibility index (Phi) is 3.79. The predicted octanol–water partition coefficient (Wildman–Crippen LogP) is 2.39. The van der Waals surface area contributed by atoms with Crippen LogP contribution in [0.4, 0.5) is 18.2 Å². The van der Waals surface area contributed by atoms with Crippen LogP contribution in [-0.4, -0.2) is 24.5 Å². The van der Waals surface area contributed by atoms with Crippen molar-refractivity contribution in [3.8, 4) is 0 Å². The van der Waals surface area contributed by atoms with E-state index in [0.29, 0.717) is 5.00 Å². The molecule has 1 aromatic heterocycles. The van der Waals surface area contributed by atoms with Gasteiger partial charge in [0.15, 0.2) is 0 Å². The standard InChI is InChI=1S/C11H11F3N2O2S/c12-11(13,14)5-15-10(18)7-3-4-8(19-7)16-9(17)6-1-2-6/h3-4,6H,1-2,5H2,(H,15,18)(H,16,17). The summed E-state index contributed by atoms with van der Waals surface area (Å²) in [7, 11) is 0. The molecule has 1 fully saturated rings. The molecule has 19 heavy (non-hydrogen) atoms. The molecule has 2 amide bonds. The summed E-state index contributed by atoms with van der Waals surface area (Å²) in [6, 6.07) is 2.90. The Balaban J connectivity index is 1.88. The minimum absolute atomic E-state index is 0.0320. The number of hydrogen-bond donors (Lipinski definition) is 2. The summed E-state index contributed by atoms with van der Waals surface area (Å²) >= 11 is 0.954. The maximum Gasteiger partial charge on any atom is 0.405 e. The normalized spacial score (nSPS) is 15.1. The number of hydrogen-bond acceptors (Lipinski definition) is 3. The molecule has 1 saturated carbocycles. The number of nitrogens with one attached hydrogen (secondary N) is 2. The van der Waals surface area contributed by atoms with E-state index >= 15 is 0 Å². The fourth-order valence-electron chi connectivity index (χ4n) is 1.36. The Morgan fingerprint density at radius 3 is 2.58 bits per heavy atom. The third kappa shape index (κ3) is 4.23. The zero-order chi connectivity index (χ0) is 14.0. The molecule has 0 aromatic carbocycles. The Morgan fingerprint density at radius 2 is 2.00 bits per heavy atom. The highest BCUT2D eigenvalue weighted by Crippen LogP contribution is 2.31. The summed E-state index contributed by atoms with van der Waals surface area (Å²) in [5, 5.41) is 4.87. The molecule has 8 heteroatoms. The summed E-state index contributed by atoms with van der Waals surface area (Å²) in [5.41, 5.74) is 0. The SMILES string of the molecule is O=C(NCC(F)(F)F)c1ccc(NC(=O)C2CC2)s1. The van der Waals surface area contributed by atoms with Gasteiger partial charge in [-0.15, -0.1) is 11.3 Å². The van der Waals surface area contributed by atoms with Crippen LogP contribution in [0.1, 0.15) is 22.5 Å². The number of carbonyl (C=O) groups excluding carboxylic acids is 2. The molecule has 1 heterocycles. The van der Waals surface area contributed by atoms with Crippen molar-refractivity contribution in [1.82, 2.24) is 5.32 Å². The number of halogens is 3. The molecule has 0 saturated heterocycles. The van der Waals surface area contributed by atoms with E-state index in [2.05, 4.69) is 5.32 Å². The first kappa shape index (κ1) is 13.9. The molecule has 0 unspecified atom stereocenters. The molecular weight excluding hydrogens is 281 g/mol. The molecule has 1 aliphatic carbocycles. The van der Waals surface area contributed by atoms with Gasteiger partial charge in [0.05, 0.1) is 9.88 Å². The number of carbonyl (C=O) groups is 2. The van der Waals surface area contributed by atoms with Crippen molar-refractivity contribution in [2.75, 3.05) is 11.9 Å². The molecular formula is C11H11F3N2O2S. The molecule has 0 radical (unpaired) electrons. The lowest BCUT2D eigenvalue weighted by Crippen LogP contribution is -2.33. The molecule has 2 N–H and O–H groups in total. The Labute approximate surface area is 111 Å². The van der Waals surface area contributed by atoms with Gasteiger partial charge in [-0.1, -0.05) is 0 Å². The van der Waals surface area contributed by atoms with Crippen LogP contribution in [0.5, 0.6) is 0 Å². The Bertz CT molecular complexity index is 494. The first-order chi connectivity index (χ1) is 8.85. The molecule has 4 nitrogen and oxygen atoms in total. The molecule has 104 valence electrons. The van der Waals surface area contributed by atoms with Crippen molar-refractivity contribution >= 4 is 28.2 Å². The average molecular weight is 292 g/mol. The summed E-state index contributed by atoms with van der Waals surface area (Å²) in [6.07, 6.45) is -2.72. The summed E-state index contributed by atoms with van der Waals surface area (Å²) in [6.45, 7) is -1.37. The van der Waals surface area contributed by atoms with E-state index in [4.69, 9.17) is 0 Å². The molecule has 2 rings (SSSR count). The lowest BCUT2D eigenvalue weighted by atomic mass is 10.4. The van der Waals surface area contributed by atoms with Gasteiger partial charge in [-0.25, -0.2) is 0 Å². The van der Waals surface area contributed by atoms with E-state index in [1.807, 2.05) is 0 Å². The minimum Gasteiger partial charge on any atom is -0.342 e. The highest BCUT2D eigenvalue weighted by molar-refractivity contribution is 7.18. The molecule has 0 bridgehead atoms. The van der Waals surface area contributed by atoms with Crippen LogP contribution in [0, 0.1) is 5.92 Å². The van der Waals surface area contributed by atoms with E-state index in [9.17, 15) is 22.8 Å². The summed E-state index contributed by atoms with van der Waals surface area (Å²) < 4.78 is 35.8. The maximum absolute atomic E-state index is 11.9. The first-order valence-electron chi connectivity index (χ1n) is 5.61. The number of alkyl halides is 3. The molecule has 1 aliphatic rings. The van der Waals surface area contributed by atoms with Crippen LogP contribution >= 0.6 is 11.3 Å². The Hall–Kier alpha value is -1.57. The van der Waals surface area contributed by atoms with Crippen molar-refractivity contribution in [2.45, 2.75) is 19.0 Å². The highest BCUT2D eigenvalue weighted by Gasteiger charge is 2.30. The lowest BCUT2D eigenvalue weighted by Gasteiger charge is -2.06. The van der Waals surface area contributed by atoms with Crippen LogP contribution in [0.2, 0.25) is 0 Å². The van der Waals surface area contributed by atoms with Gasteiger partial charge in [0.1, 0.15) is 6.54 Å². The third-order valence-corrected chi connectivity index (χ3v) is 3.47. The third-order valence-electron chi connectivity index (χ3n) is 2.47. The zero-order valence-electron chi connectivity index (χ0n) is 9.71. The summed E-state index contributed by atoms with van der Waals surface area (Å²) in [5.74, 6) is -0.872. The maximum atomic E-state index is 11.9. The van der Waals surface area contributed by atoms with Gasteiger partial charge in [0.2, 0.25) is 5.91 Å². The molecule has 0 spiro atoms. The van der Waals surface area contributed by atoms with Gasteiger partial charge < -0.3 is 10.6 Å². The number of anilines is 1. The van der Waals surface area contributed by atoms with E-state index < -0.39 is 18.6 Å². The fraction of sp³-hybridized carbons (Fsp3) is 0.455. The largest absolute Gasteiger partial charge is 0.405 e. The summed E-state index contributed by atoms with van der Waals surface area (Å²) in [4.78, 5) is 23.0. The topological polar surface area (TPSA) is 58.2 Å². The minimum atomic E-state index is -4.43. The zero-order valence-corrected chi connectivity index (χ0v) is 10.5. The molecule has 1 aromatic rings. The van der Waals surface area contributed by atoms with E-state index in [-0.39, 0.29) is 16.7 Å². The van der Waals surface area contributed by atoms with Crippen LogP contribution in [0.15, 0.2) is 12.1 Å². The van der Waals surface area contributed by atoms with Crippen molar-refractivity contribution in [1.29, 1.82) is 0 Å². The number of rotatable bonds is 4. The van der Waals surface area contributed by atoms with Crippen molar-refractivity contribution in [3.63, 3.8) is 0 Å². The van der Waals surface area contributed by atoms with E-state index in [1.165, 1.54) is 12.1 Å². The fourth-order valence-corrected chi connectivity index (χ4v) is 2.19. The van der Waals surface area contributed by atoms with Gasteiger partial charge in [-0.05, 0) is 25.0 Å². The van der Waals surface area contributed by atoms with Crippen molar-refractivity contribution in [3.05, 3.63) is 17.0 Å². The molecule has 0 aliphatic heterocycles. The smallest absolute Gasteiger partial charge is 0.342 e. The quantitative estimate of drug-likeness (QED) is 0.895. The highest BCUT2D eigenvalue weighted by atomic mass is 32.1. The first-order valence-corrected chi connectivity index (χ1v) is 6.42. The van der Waals surface area contributed by atoms with Crippen LogP contribution in [-0.2, 0) is 4.79 Å². The second-order valence-electron chi connectivity index (χ2n) is 4.23.